The van der Waals surface area contributed by atoms with Crippen molar-refractivity contribution < 1.29 is 14.3 Å². The first-order valence-electron chi connectivity index (χ1n) is 8.86. The average molecular weight is 374 g/mol. The van der Waals surface area contributed by atoms with E-state index in [9.17, 15) is 4.79 Å². The van der Waals surface area contributed by atoms with Crippen molar-refractivity contribution in [2.24, 2.45) is 0 Å². The summed E-state index contributed by atoms with van der Waals surface area (Å²) in [4.78, 5) is 19.1. The van der Waals surface area contributed by atoms with E-state index in [4.69, 9.17) is 9.47 Å². The Morgan fingerprint density at radius 2 is 2.04 bits per heavy atom. The van der Waals surface area contributed by atoms with Crippen molar-refractivity contribution in [2.75, 3.05) is 52.5 Å². The molecular formula is C18H22N4O3S. The number of carbonyl (C=O) groups excluding carboxylic acids is 1. The fourth-order valence-electron chi connectivity index (χ4n) is 3.04. The van der Waals surface area contributed by atoms with E-state index in [0.29, 0.717) is 25.5 Å². The summed E-state index contributed by atoms with van der Waals surface area (Å²) in [5.74, 6) is 1.36. The zero-order valence-corrected chi connectivity index (χ0v) is 15.3. The zero-order valence-electron chi connectivity index (χ0n) is 14.5. The van der Waals surface area contributed by atoms with Gasteiger partial charge in [0.1, 0.15) is 23.9 Å². The van der Waals surface area contributed by atoms with Gasteiger partial charge in [0, 0.05) is 50.2 Å². The lowest BCUT2D eigenvalue weighted by atomic mass is 10.2. The van der Waals surface area contributed by atoms with Gasteiger partial charge >= 0.3 is 0 Å². The van der Waals surface area contributed by atoms with Gasteiger partial charge in [0.05, 0.1) is 0 Å². The smallest absolute Gasteiger partial charge is 0.270 e. The number of aromatic nitrogens is 1. The molecule has 0 atom stereocenters. The van der Waals surface area contributed by atoms with Crippen molar-refractivity contribution in [1.82, 2.24) is 20.5 Å². The van der Waals surface area contributed by atoms with Gasteiger partial charge in [0.15, 0.2) is 11.5 Å². The molecule has 1 aromatic heterocycles. The molecule has 8 heteroatoms. The molecule has 2 N–H and O–H groups in total. The first-order chi connectivity index (χ1) is 12.8. The minimum absolute atomic E-state index is 0.125. The Hall–Kier alpha value is -2.16. The van der Waals surface area contributed by atoms with Crippen LogP contribution in [0.1, 0.15) is 10.5 Å². The SMILES string of the molecule is O=C(NCCN1CCNCC1)c1csc(-c2ccc3c(c2)OCCO3)n1. The zero-order chi connectivity index (χ0) is 17.8. The van der Waals surface area contributed by atoms with Crippen molar-refractivity contribution in [3.63, 3.8) is 0 Å². The van der Waals surface area contributed by atoms with Gasteiger partial charge in [-0.1, -0.05) is 0 Å². The molecule has 1 aromatic carbocycles. The lowest BCUT2D eigenvalue weighted by molar-refractivity contribution is 0.0943. The second-order valence-electron chi connectivity index (χ2n) is 6.24. The molecule has 1 fully saturated rings. The maximum absolute atomic E-state index is 12.3. The molecule has 0 saturated carbocycles. The predicted octanol–water partition coefficient (Wildman–Crippen LogP) is 1.22. The fourth-order valence-corrected chi connectivity index (χ4v) is 3.84. The molecule has 7 nitrogen and oxygen atoms in total. The number of hydrogen-bond acceptors (Lipinski definition) is 7. The highest BCUT2D eigenvalue weighted by Gasteiger charge is 2.16. The van der Waals surface area contributed by atoms with Crippen molar-refractivity contribution in [1.29, 1.82) is 0 Å². The van der Waals surface area contributed by atoms with E-state index >= 15 is 0 Å². The van der Waals surface area contributed by atoms with E-state index in [1.54, 1.807) is 5.38 Å². The van der Waals surface area contributed by atoms with Crippen LogP contribution in [0.5, 0.6) is 11.5 Å². The van der Waals surface area contributed by atoms with Gasteiger partial charge in [-0.3, -0.25) is 9.69 Å². The largest absolute Gasteiger partial charge is 0.486 e. The van der Waals surface area contributed by atoms with Crippen molar-refractivity contribution in [2.45, 2.75) is 0 Å². The maximum Gasteiger partial charge on any atom is 0.270 e. The van der Waals surface area contributed by atoms with Crippen LogP contribution in [-0.2, 0) is 0 Å². The van der Waals surface area contributed by atoms with Crippen molar-refractivity contribution in [3.05, 3.63) is 29.3 Å². The van der Waals surface area contributed by atoms with Crippen LogP contribution in [0, 0.1) is 0 Å². The molecule has 0 radical (unpaired) electrons. The molecule has 3 heterocycles. The predicted molar refractivity (Wildman–Crippen MR) is 100 cm³/mol. The summed E-state index contributed by atoms with van der Waals surface area (Å²) in [7, 11) is 0. The standard InChI is InChI=1S/C18H22N4O3S/c23-17(20-5-8-22-6-3-19-4-7-22)14-12-26-18(21-14)13-1-2-15-16(11-13)25-10-9-24-15/h1-2,11-12,19H,3-10H2,(H,20,23). The number of carbonyl (C=O) groups is 1. The first-order valence-corrected chi connectivity index (χ1v) is 9.74. The highest BCUT2D eigenvalue weighted by Crippen LogP contribution is 2.35. The van der Waals surface area contributed by atoms with Crippen molar-refractivity contribution >= 4 is 17.2 Å². The molecular weight excluding hydrogens is 352 g/mol. The van der Waals surface area contributed by atoms with Gasteiger partial charge in [0.2, 0.25) is 0 Å². The average Bonchev–Trinajstić information content (AvgIpc) is 3.19. The van der Waals surface area contributed by atoms with E-state index in [2.05, 4.69) is 20.5 Å². The Bertz CT molecular complexity index is 774. The van der Waals surface area contributed by atoms with E-state index < -0.39 is 0 Å². The molecule has 138 valence electrons. The second kappa shape index (κ2) is 8.03. The number of benzene rings is 1. The minimum atomic E-state index is -0.125. The van der Waals surface area contributed by atoms with Gasteiger partial charge < -0.3 is 20.1 Å². The minimum Gasteiger partial charge on any atom is -0.486 e. The van der Waals surface area contributed by atoms with Crippen LogP contribution in [0.25, 0.3) is 10.6 Å². The molecule has 0 unspecified atom stereocenters. The highest BCUT2D eigenvalue weighted by molar-refractivity contribution is 7.13. The monoisotopic (exact) mass is 374 g/mol. The van der Waals surface area contributed by atoms with Crippen molar-refractivity contribution in [3.8, 4) is 22.1 Å². The number of ether oxygens (including phenoxy) is 2. The Morgan fingerprint density at radius 1 is 1.23 bits per heavy atom. The maximum atomic E-state index is 12.3. The van der Waals surface area contributed by atoms with E-state index in [-0.39, 0.29) is 5.91 Å². The second-order valence-corrected chi connectivity index (χ2v) is 7.10. The summed E-state index contributed by atoms with van der Waals surface area (Å²) in [5.41, 5.74) is 1.39. The third-order valence-corrected chi connectivity index (χ3v) is 5.34. The summed E-state index contributed by atoms with van der Waals surface area (Å²) in [6.07, 6.45) is 0. The summed E-state index contributed by atoms with van der Waals surface area (Å²) in [6.45, 7) is 6.71. The lowest BCUT2D eigenvalue weighted by Crippen LogP contribution is -2.46. The summed E-state index contributed by atoms with van der Waals surface area (Å²) >= 11 is 1.46. The molecule has 26 heavy (non-hydrogen) atoms. The lowest BCUT2D eigenvalue weighted by Gasteiger charge is -2.26. The van der Waals surface area contributed by atoms with E-state index in [0.717, 1.165) is 54.8 Å². The van der Waals surface area contributed by atoms with Crippen LogP contribution in [0.15, 0.2) is 23.6 Å². The normalized spacial score (nSPS) is 17.1. The summed E-state index contributed by atoms with van der Waals surface area (Å²) in [6, 6.07) is 5.75. The van der Waals surface area contributed by atoms with Gasteiger partial charge in [0.25, 0.3) is 5.91 Å². The van der Waals surface area contributed by atoms with Crippen LogP contribution in [0.4, 0.5) is 0 Å². The number of nitrogens with one attached hydrogen (secondary N) is 2. The van der Waals surface area contributed by atoms with Gasteiger partial charge in [-0.15, -0.1) is 11.3 Å². The molecule has 4 rings (SSSR count). The molecule has 0 spiro atoms. The van der Waals surface area contributed by atoms with E-state index in [1.165, 1.54) is 11.3 Å². The van der Waals surface area contributed by atoms with E-state index in [1.807, 2.05) is 18.2 Å². The van der Waals surface area contributed by atoms with Crippen LogP contribution in [0.3, 0.4) is 0 Å². The number of fused-ring (bicyclic) bond motifs is 1. The number of amides is 1. The molecule has 0 bridgehead atoms. The van der Waals surface area contributed by atoms with Crippen LogP contribution >= 0.6 is 11.3 Å². The molecule has 1 amide bonds. The third kappa shape index (κ3) is 3.98. The molecule has 2 aromatic rings. The molecule has 0 aliphatic carbocycles. The molecule has 1 saturated heterocycles. The molecule has 2 aliphatic rings. The summed E-state index contributed by atoms with van der Waals surface area (Å²) < 4.78 is 11.2. The quantitative estimate of drug-likeness (QED) is 0.820. The highest BCUT2D eigenvalue weighted by atomic mass is 32.1. The number of piperazine rings is 1. The van der Waals surface area contributed by atoms with Gasteiger partial charge in [-0.25, -0.2) is 4.98 Å². The Kier molecular flexibility index (Phi) is 5.33. The fraction of sp³-hybridized carbons (Fsp3) is 0.444. The molecule has 2 aliphatic heterocycles. The Labute approximate surface area is 156 Å². The number of nitrogens with zero attached hydrogens (tertiary/aromatic N) is 2. The Balaban J connectivity index is 1.35. The van der Waals surface area contributed by atoms with Crippen LogP contribution < -0.4 is 20.1 Å². The number of thiazole rings is 1. The number of hydrogen-bond donors (Lipinski definition) is 2. The van der Waals surface area contributed by atoms with Crippen LogP contribution in [0.2, 0.25) is 0 Å². The summed E-state index contributed by atoms with van der Waals surface area (Å²) in [5, 5.41) is 8.88. The Morgan fingerprint density at radius 3 is 2.88 bits per heavy atom. The topological polar surface area (TPSA) is 75.7 Å². The third-order valence-electron chi connectivity index (χ3n) is 4.45. The number of rotatable bonds is 5. The van der Waals surface area contributed by atoms with Gasteiger partial charge in [-0.2, -0.15) is 0 Å². The van der Waals surface area contributed by atoms with Crippen LogP contribution in [-0.4, -0.2) is 68.3 Å². The van der Waals surface area contributed by atoms with Gasteiger partial charge in [-0.05, 0) is 18.2 Å². The first kappa shape index (κ1) is 17.3.